The molecule has 3 N–H and O–H groups in total. The predicted molar refractivity (Wildman–Crippen MR) is 105 cm³/mol. The highest BCUT2D eigenvalue weighted by molar-refractivity contribution is 9.10. The standard InChI is InChI=1S/C18H15BrClFN4O/c1-9-5-12(6-10(2)15(9)20)26-18-16(22)17(23-8-24-18)25-14-4-3-11(19)7-13(14)21/h3-8H,22H2,1-2H3,(H,23,24,25). The van der Waals surface area contributed by atoms with Crippen LogP contribution in [0.3, 0.4) is 0 Å². The first-order chi connectivity index (χ1) is 12.3. The lowest BCUT2D eigenvalue weighted by Gasteiger charge is -2.13. The molecule has 5 nitrogen and oxygen atoms in total. The zero-order valence-electron chi connectivity index (χ0n) is 14.0. The van der Waals surface area contributed by atoms with Gasteiger partial charge in [0.15, 0.2) is 5.82 Å². The minimum atomic E-state index is -0.441. The molecule has 0 unspecified atom stereocenters. The van der Waals surface area contributed by atoms with E-state index in [2.05, 4.69) is 31.2 Å². The van der Waals surface area contributed by atoms with Crippen molar-refractivity contribution in [2.45, 2.75) is 13.8 Å². The molecule has 0 saturated carbocycles. The zero-order chi connectivity index (χ0) is 18.8. The molecule has 0 spiro atoms. The highest BCUT2D eigenvalue weighted by atomic mass is 79.9. The average Bonchev–Trinajstić information content (AvgIpc) is 2.58. The Labute approximate surface area is 163 Å². The number of nitrogen functional groups attached to an aromatic ring is 1. The maximum absolute atomic E-state index is 14.0. The van der Waals surface area contributed by atoms with E-state index in [-0.39, 0.29) is 23.1 Å². The lowest BCUT2D eigenvalue weighted by Crippen LogP contribution is -2.04. The van der Waals surface area contributed by atoms with Crippen LogP contribution in [0.4, 0.5) is 21.6 Å². The van der Waals surface area contributed by atoms with Gasteiger partial charge >= 0.3 is 0 Å². The van der Waals surface area contributed by atoms with Gasteiger partial charge < -0.3 is 15.8 Å². The maximum atomic E-state index is 14.0. The highest BCUT2D eigenvalue weighted by Gasteiger charge is 2.13. The number of hydrogen-bond donors (Lipinski definition) is 2. The Kier molecular flexibility index (Phi) is 5.29. The maximum Gasteiger partial charge on any atom is 0.248 e. The van der Waals surface area contributed by atoms with Crippen molar-refractivity contribution in [3.8, 4) is 11.6 Å². The predicted octanol–water partition coefficient (Wildman–Crippen LogP) is 5.77. The monoisotopic (exact) mass is 436 g/mol. The van der Waals surface area contributed by atoms with Crippen molar-refractivity contribution in [1.82, 2.24) is 9.97 Å². The summed E-state index contributed by atoms with van der Waals surface area (Å²) in [5.41, 5.74) is 8.26. The van der Waals surface area contributed by atoms with E-state index in [1.54, 1.807) is 24.3 Å². The summed E-state index contributed by atoms with van der Waals surface area (Å²) < 4.78 is 20.4. The van der Waals surface area contributed by atoms with Gasteiger partial charge in [-0.15, -0.1) is 0 Å². The van der Waals surface area contributed by atoms with E-state index in [9.17, 15) is 4.39 Å². The summed E-state index contributed by atoms with van der Waals surface area (Å²) in [6.07, 6.45) is 1.29. The molecule has 26 heavy (non-hydrogen) atoms. The first-order valence-electron chi connectivity index (χ1n) is 7.62. The van der Waals surface area contributed by atoms with Gasteiger partial charge in [0.2, 0.25) is 5.88 Å². The molecule has 0 aliphatic rings. The summed E-state index contributed by atoms with van der Waals surface area (Å²) in [7, 11) is 0. The smallest absolute Gasteiger partial charge is 0.248 e. The number of aromatic nitrogens is 2. The quantitative estimate of drug-likeness (QED) is 0.542. The second kappa shape index (κ2) is 7.47. The van der Waals surface area contributed by atoms with Gasteiger partial charge in [0, 0.05) is 9.50 Å². The zero-order valence-corrected chi connectivity index (χ0v) is 16.3. The third kappa shape index (κ3) is 3.89. The SMILES string of the molecule is Cc1cc(Oc2ncnc(Nc3ccc(Br)cc3F)c2N)cc(C)c1Cl. The molecule has 8 heteroatoms. The molecule has 0 fully saturated rings. The van der Waals surface area contributed by atoms with Crippen LogP contribution in [0.1, 0.15) is 11.1 Å². The lowest BCUT2D eigenvalue weighted by molar-refractivity contribution is 0.464. The van der Waals surface area contributed by atoms with Gasteiger partial charge in [-0.1, -0.05) is 27.5 Å². The summed E-state index contributed by atoms with van der Waals surface area (Å²) in [4.78, 5) is 8.12. The average molecular weight is 438 g/mol. The Morgan fingerprint density at radius 2 is 1.85 bits per heavy atom. The summed E-state index contributed by atoms with van der Waals surface area (Å²) in [5.74, 6) is 0.527. The molecule has 134 valence electrons. The van der Waals surface area contributed by atoms with Crippen molar-refractivity contribution in [3.05, 3.63) is 63.1 Å². The number of benzene rings is 2. The number of rotatable bonds is 4. The largest absolute Gasteiger partial charge is 0.437 e. The minimum absolute atomic E-state index is 0.167. The summed E-state index contributed by atoms with van der Waals surface area (Å²) in [6.45, 7) is 3.77. The highest BCUT2D eigenvalue weighted by Crippen LogP contribution is 2.34. The summed E-state index contributed by atoms with van der Waals surface area (Å²) in [6, 6.07) is 8.21. The lowest BCUT2D eigenvalue weighted by atomic mass is 10.1. The van der Waals surface area contributed by atoms with Crippen LogP contribution >= 0.6 is 27.5 Å². The number of nitrogens with two attached hydrogens (primary N) is 1. The topological polar surface area (TPSA) is 73.1 Å². The van der Waals surface area contributed by atoms with Gasteiger partial charge in [0.1, 0.15) is 23.6 Å². The second-order valence-corrected chi connectivity index (χ2v) is 6.96. The molecule has 1 heterocycles. The molecule has 0 aliphatic carbocycles. The van der Waals surface area contributed by atoms with Crippen molar-refractivity contribution in [1.29, 1.82) is 0 Å². The number of nitrogens with one attached hydrogen (secondary N) is 1. The number of hydrogen-bond acceptors (Lipinski definition) is 5. The fraction of sp³-hybridized carbons (Fsp3) is 0.111. The van der Waals surface area contributed by atoms with Gasteiger partial charge in [0.05, 0.1) is 5.69 Å². The van der Waals surface area contributed by atoms with Crippen molar-refractivity contribution in [2.24, 2.45) is 0 Å². The summed E-state index contributed by atoms with van der Waals surface area (Å²) >= 11 is 9.38. The van der Waals surface area contributed by atoms with Crippen LogP contribution < -0.4 is 15.8 Å². The first kappa shape index (κ1) is 18.4. The molecular weight excluding hydrogens is 423 g/mol. The van der Waals surface area contributed by atoms with Crippen LogP contribution in [0.15, 0.2) is 41.1 Å². The Morgan fingerprint density at radius 1 is 1.15 bits per heavy atom. The van der Waals surface area contributed by atoms with E-state index in [4.69, 9.17) is 22.1 Å². The summed E-state index contributed by atoms with van der Waals surface area (Å²) in [5, 5.41) is 3.53. The molecule has 0 amide bonds. The van der Waals surface area contributed by atoms with Crippen molar-refractivity contribution in [2.75, 3.05) is 11.1 Å². The van der Waals surface area contributed by atoms with Gasteiger partial charge in [-0.3, -0.25) is 0 Å². The van der Waals surface area contributed by atoms with Crippen LogP contribution in [0.25, 0.3) is 0 Å². The molecule has 0 saturated heterocycles. The van der Waals surface area contributed by atoms with Gasteiger partial charge in [-0.05, 0) is 55.3 Å². The molecular formula is C18H15BrClFN4O. The number of ether oxygens (including phenoxy) is 1. The van der Waals surface area contributed by atoms with Crippen molar-refractivity contribution in [3.63, 3.8) is 0 Å². The van der Waals surface area contributed by atoms with E-state index in [0.717, 1.165) is 11.1 Å². The molecule has 2 aromatic carbocycles. The minimum Gasteiger partial charge on any atom is -0.437 e. The fourth-order valence-electron chi connectivity index (χ4n) is 2.36. The molecule has 0 bridgehead atoms. The van der Waals surface area contributed by atoms with E-state index >= 15 is 0 Å². The fourth-order valence-corrected chi connectivity index (χ4v) is 2.80. The Balaban J connectivity index is 1.90. The van der Waals surface area contributed by atoms with Crippen LogP contribution in [-0.2, 0) is 0 Å². The molecule has 0 radical (unpaired) electrons. The number of anilines is 3. The van der Waals surface area contributed by atoms with Crippen LogP contribution in [0, 0.1) is 19.7 Å². The molecule has 0 aliphatic heterocycles. The van der Waals surface area contributed by atoms with E-state index in [0.29, 0.717) is 15.2 Å². The van der Waals surface area contributed by atoms with Crippen LogP contribution in [-0.4, -0.2) is 9.97 Å². The van der Waals surface area contributed by atoms with Crippen LogP contribution in [0.5, 0.6) is 11.6 Å². The van der Waals surface area contributed by atoms with Crippen LogP contribution in [0.2, 0.25) is 5.02 Å². The van der Waals surface area contributed by atoms with E-state index in [1.807, 2.05) is 13.8 Å². The molecule has 3 aromatic rings. The molecule has 0 atom stereocenters. The number of nitrogens with zero attached hydrogens (tertiary/aromatic N) is 2. The second-order valence-electron chi connectivity index (χ2n) is 5.66. The van der Waals surface area contributed by atoms with E-state index < -0.39 is 5.82 Å². The van der Waals surface area contributed by atoms with E-state index in [1.165, 1.54) is 12.4 Å². The number of halogens is 3. The van der Waals surface area contributed by atoms with Crippen molar-refractivity contribution < 1.29 is 9.13 Å². The Hall–Kier alpha value is -2.38. The van der Waals surface area contributed by atoms with Gasteiger partial charge in [-0.2, -0.15) is 4.98 Å². The van der Waals surface area contributed by atoms with Gasteiger partial charge in [-0.25, -0.2) is 9.37 Å². The third-order valence-electron chi connectivity index (χ3n) is 3.66. The molecule has 3 rings (SSSR count). The third-order valence-corrected chi connectivity index (χ3v) is 4.75. The normalized spacial score (nSPS) is 10.7. The van der Waals surface area contributed by atoms with Crippen molar-refractivity contribution >= 4 is 44.7 Å². The first-order valence-corrected chi connectivity index (χ1v) is 8.79. The number of aryl methyl sites for hydroxylation is 2. The molecule has 1 aromatic heterocycles. The Bertz CT molecular complexity index is 960. The van der Waals surface area contributed by atoms with Gasteiger partial charge in [0.25, 0.3) is 0 Å². The Morgan fingerprint density at radius 3 is 2.50 bits per heavy atom.